The molecule has 0 atom stereocenters. The van der Waals surface area contributed by atoms with Gasteiger partial charge in [-0.05, 0) is 25.1 Å². The third kappa shape index (κ3) is 3.00. The van der Waals surface area contributed by atoms with Crippen LogP contribution < -0.4 is 5.32 Å². The molecule has 5 nitrogen and oxygen atoms in total. The standard InChI is InChI=1S/C18H12ClN3O2/c1-11-16(17(22-24-11)12-5-3-2-4-6-12)18(23)21-14-8-7-13(10-20)15(19)9-14/h2-9H,1H3,(H,21,23). The number of aryl methyl sites for hydroxylation is 1. The molecule has 24 heavy (non-hydrogen) atoms. The highest BCUT2D eigenvalue weighted by molar-refractivity contribution is 6.32. The Morgan fingerprint density at radius 3 is 2.67 bits per heavy atom. The molecule has 1 amide bonds. The summed E-state index contributed by atoms with van der Waals surface area (Å²) in [7, 11) is 0. The molecule has 1 aromatic heterocycles. The summed E-state index contributed by atoms with van der Waals surface area (Å²) in [6.45, 7) is 1.68. The lowest BCUT2D eigenvalue weighted by Crippen LogP contribution is -2.13. The molecule has 0 fully saturated rings. The van der Waals surface area contributed by atoms with Crippen molar-refractivity contribution in [3.05, 3.63) is 70.4 Å². The summed E-state index contributed by atoms with van der Waals surface area (Å²) in [6, 6.07) is 16.0. The maximum Gasteiger partial charge on any atom is 0.261 e. The molecule has 3 aromatic rings. The molecular weight excluding hydrogens is 326 g/mol. The van der Waals surface area contributed by atoms with Crippen molar-refractivity contribution in [2.75, 3.05) is 5.32 Å². The molecule has 0 aliphatic rings. The van der Waals surface area contributed by atoms with Gasteiger partial charge in [0.2, 0.25) is 0 Å². The molecule has 0 aliphatic carbocycles. The van der Waals surface area contributed by atoms with Crippen LogP contribution in [0.1, 0.15) is 21.7 Å². The van der Waals surface area contributed by atoms with Crippen LogP contribution in [0.2, 0.25) is 5.02 Å². The van der Waals surface area contributed by atoms with Crippen molar-refractivity contribution in [2.45, 2.75) is 6.92 Å². The first-order valence-electron chi connectivity index (χ1n) is 7.13. The Balaban J connectivity index is 1.93. The Morgan fingerprint density at radius 1 is 1.25 bits per heavy atom. The molecule has 6 heteroatoms. The van der Waals surface area contributed by atoms with Gasteiger partial charge in [0, 0.05) is 11.3 Å². The van der Waals surface area contributed by atoms with E-state index < -0.39 is 0 Å². The molecular formula is C18H12ClN3O2. The predicted molar refractivity (Wildman–Crippen MR) is 90.8 cm³/mol. The second-order valence-electron chi connectivity index (χ2n) is 5.09. The van der Waals surface area contributed by atoms with Gasteiger partial charge in [0.25, 0.3) is 5.91 Å². The van der Waals surface area contributed by atoms with Crippen LogP contribution in [0.25, 0.3) is 11.3 Å². The Labute approximate surface area is 143 Å². The van der Waals surface area contributed by atoms with Gasteiger partial charge >= 0.3 is 0 Å². The fourth-order valence-electron chi connectivity index (χ4n) is 2.31. The minimum absolute atomic E-state index is 0.278. The average molecular weight is 338 g/mol. The molecule has 0 bridgehead atoms. The first kappa shape index (κ1) is 15.8. The molecule has 118 valence electrons. The maximum atomic E-state index is 12.6. The van der Waals surface area contributed by atoms with E-state index in [2.05, 4.69) is 10.5 Å². The summed E-state index contributed by atoms with van der Waals surface area (Å²) >= 11 is 5.99. The van der Waals surface area contributed by atoms with Crippen LogP contribution in [-0.4, -0.2) is 11.1 Å². The number of carbonyl (C=O) groups is 1. The zero-order valence-corrected chi connectivity index (χ0v) is 13.5. The molecule has 0 unspecified atom stereocenters. The topological polar surface area (TPSA) is 78.9 Å². The summed E-state index contributed by atoms with van der Waals surface area (Å²) in [4.78, 5) is 12.6. The number of aromatic nitrogens is 1. The lowest BCUT2D eigenvalue weighted by molar-refractivity contribution is 0.102. The van der Waals surface area contributed by atoms with E-state index in [1.807, 2.05) is 36.4 Å². The van der Waals surface area contributed by atoms with E-state index in [9.17, 15) is 4.79 Å². The van der Waals surface area contributed by atoms with Gasteiger partial charge in [-0.25, -0.2) is 0 Å². The van der Waals surface area contributed by atoms with Crippen molar-refractivity contribution in [3.63, 3.8) is 0 Å². The number of carbonyl (C=O) groups excluding carboxylic acids is 1. The van der Waals surface area contributed by atoms with E-state index in [-0.39, 0.29) is 10.9 Å². The quantitative estimate of drug-likeness (QED) is 0.766. The lowest BCUT2D eigenvalue weighted by Gasteiger charge is -2.07. The fraction of sp³-hybridized carbons (Fsp3) is 0.0556. The molecule has 2 aromatic carbocycles. The van der Waals surface area contributed by atoms with Gasteiger partial charge in [0.15, 0.2) is 0 Å². The van der Waals surface area contributed by atoms with Gasteiger partial charge < -0.3 is 9.84 Å². The van der Waals surface area contributed by atoms with Gasteiger partial charge in [-0.15, -0.1) is 0 Å². The summed E-state index contributed by atoms with van der Waals surface area (Å²) < 4.78 is 5.19. The van der Waals surface area contributed by atoms with Crippen LogP contribution in [-0.2, 0) is 0 Å². The molecule has 3 rings (SSSR count). The van der Waals surface area contributed by atoms with E-state index in [0.29, 0.717) is 28.3 Å². The number of rotatable bonds is 3. The summed E-state index contributed by atoms with van der Waals surface area (Å²) in [5.74, 6) is 0.0690. The van der Waals surface area contributed by atoms with Crippen LogP contribution in [0.15, 0.2) is 53.1 Å². The number of nitriles is 1. The predicted octanol–water partition coefficient (Wildman–Crippen LogP) is 4.43. The van der Waals surface area contributed by atoms with Crippen molar-refractivity contribution in [2.24, 2.45) is 0 Å². The van der Waals surface area contributed by atoms with Gasteiger partial charge in [0.1, 0.15) is 23.1 Å². The normalized spacial score (nSPS) is 10.2. The first-order valence-corrected chi connectivity index (χ1v) is 7.50. The SMILES string of the molecule is Cc1onc(-c2ccccc2)c1C(=O)Nc1ccc(C#N)c(Cl)c1. The zero-order valence-electron chi connectivity index (χ0n) is 12.7. The molecule has 0 aliphatic heterocycles. The van der Waals surface area contributed by atoms with Crippen molar-refractivity contribution >= 4 is 23.2 Å². The van der Waals surface area contributed by atoms with Crippen molar-refractivity contribution < 1.29 is 9.32 Å². The Hall–Kier alpha value is -3.10. The van der Waals surface area contributed by atoms with E-state index in [4.69, 9.17) is 21.4 Å². The van der Waals surface area contributed by atoms with Gasteiger partial charge in [-0.3, -0.25) is 4.79 Å². The van der Waals surface area contributed by atoms with Crippen LogP contribution in [0.4, 0.5) is 5.69 Å². The van der Waals surface area contributed by atoms with Gasteiger partial charge in [-0.2, -0.15) is 5.26 Å². The number of amides is 1. The molecule has 1 heterocycles. The van der Waals surface area contributed by atoms with E-state index >= 15 is 0 Å². The number of halogens is 1. The molecule has 0 saturated carbocycles. The summed E-state index contributed by atoms with van der Waals surface area (Å²) in [6.07, 6.45) is 0. The third-order valence-electron chi connectivity index (χ3n) is 3.48. The first-order chi connectivity index (χ1) is 11.6. The fourth-order valence-corrected chi connectivity index (χ4v) is 2.53. The molecule has 1 N–H and O–H groups in total. The van der Waals surface area contributed by atoms with Crippen molar-refractivity contribution in [1.82, 2.24) is 5.16 Å². The highest BCUT2D eigenvalue weighted by Crippen LogP contribution is 2.27. The van der Waals surface area contributed by atoms with Crippen LogP contribution in [0.5, 0.6) is 0 Å². The summed E-state index contributed by atoms with van der Waals surface area (Å²) in [5.41, 5.74) is 2.47. The number of hydrogen-bond acceptors (Lipinski definition) is 4. The Morgan fingerprint density at radius 2 is 2.00 bits per heavy atom. The van der Waals surface area contributed by atoms with E-state index in [1.54, 1.807) is 19.1 Å². The second kappa shape index (κ2) is 6.57. The highest BCUT2D eigenvalue weighted by Gasteiger charge is 2.21. The highest BCUT2D eigenvalue weighted by atomic mass is 35.5. The van der Waals surface area contributed by atoms with Crippen LogP contribution in [0, 0.1) is 18.3 Å². The average Bonchev–Trinajstić information content (AvgIpc) is 2.97. The zero-order chi connectivity index (χ0) is 17.1. The number of hydrogen-bond donors (Lipinski definition) is 1. The van der Waals surface area contributed by atoms with Crippen molar-refractivity contribution in [1.29, 1.82) is 5.26 Å². The van der Waals surface area contributed by atoms with Crippen LogP contribution in [0.3, 0.4) is 0 Å². The largest absolute Gasteiger partial charge is 0.360 e. The minimum Gasteiger partial charge on any atom is -0.360 e. The smallest absolute Gasteiger partial charge is 0.261 e. The summed E-state index contributed by atoms with van der Waals surface area (Å²) in [5, 5.41) is 15.9. The maximum absolute atomic E-state index is 12.6. The lowest BCUT2D eigenvalue weighted by atomic mass is 10.1. The number of anilines is 1. The van der Waals surface area contributed by atoms with Crippen LogP contribution >= 0.6 is 11.6 Å². The Kier molecular flexibility index (Phi) is 4.32. The van der Waals surface area contributed by atoms with E-state index in [0.717, 1.165) is 5.56 Å². The second-order valence-corrected chi connectivity index (χ2v) is 5.50. The Bertz CT molecular complexity index is 943. The monoisotopic (exact) mass is 337 g/mol. The third-order valence-corrected chi connectivity index (χ3v) is 3.80. The van der Waals surface area contributed by atoms with Gasteiger partial charge in [-0.1, -0.05) is 47.1 Å². The number of nitrogens with one attached hydrogen (secondary N) is 1. The number of nitrogens with zero attached hydrogens (tertiary/aromatic N) is 2. The molecule has 0 radical (unpaired) electrons. The van der Waals surface area contributed by atoms with Crippen molar-refractivity contribution in [3.8, 4) is 17.3 Å². The number of benzene rings is 2. The minimum atomic E-state index is -0.353. The van der Waals surface area contributed by atoms with E-state index in [1.165, 1.54) is 6.07 Å². The molecule has 0 saturated heterocycles. The van der Waals surface area contributed by atoms with Gasteiger partial charge in [0.05, 0.1) is 10.6 Å². The molecule has 0 spiro atoms.